The standard InChI is InChI=1S/C25H19BrN2O3/c26-20-10-6-9-19(15-20)23-14-13-21(31-23)16-27-28-25(29)22-11-4-5-12-24(22)30-17-18-7-2-1-3-8-18/h1-16H,17H2,(H,28,29)/b27-16+. The molecule has 1 aromatic heterocycles. The Labute approximate surface area is 188 Å². The van der Waals surface area contributed by atoms with Crippen molar-refractivity contribution < 1.29 is 13.9 Å². The molecule has 0 aliphatic rings. The molecule has 0 unspecified atom stereocenters. The van der Waals surface area contributed by atoms with Crippen LogP contribution in [0.5, 0.6) is 5.75 Å². The minimum Gasteiger partial charge on any atom is -0.488 e. The molecule has 154 valence electrons. The molecule has 0 fully saturated rings. The van der Waals surface area contributed by atoms with Gasteiger partial charge < -0.3 is 9.15 Å². The molecule has 1 N–H and O–H groups in total. The molecule has 6 heteroatoms. The van der Waals surface area contributed by atoms with Crippen LogP contribution in [0.2, 0.25) is 0 Å². The van der Waals surface area contributed by atoms with E-state index in [-0.39, 0.29) is 5.91 Å². The number of carbonyl (C=O) groups is 1. The first-order valence-corrected chi connectivity index (χ1v) is 10.4. The number of nitrogens with zero attached hydrogens (tertiary/aromatic N) is 1. The Morgan fingerprint density at radius 3 is 2.61 bits per heavy atom. The first-order chi connectivity index (χ1) is 15.2. The predicted molar refractivity (Wildman–Crippen MR) is 124 cm³/mol. The number of hydrogen-bond donors (Lipinski definition) is 1. The minimum absolute atomic E-state index is 0.362. The van der Waals surface area contributed by atoms with E-state index in [1.807, 2.05) is 66.7 Å². The number of halogens is 1. The quantitative estimate of drug-likeness (QED) is 0.261. The molecule has 0 atom stereocenters. The van der Waals surface area contributed by atoms with E-state index in [4.69, 9.17) is 9.15 Å². The fraction of sp³-hybridized carbons (Fsp3) is 0.0400. The maximum absolute atomic E-state index is 12.6. The van der Waals surface area contributed by atoms with Crippen molar-refractivity contribution in [1.29, 1.82) is 0 Å². The van der Waals surface area contributed by atoms with Gasteiger partial charge in [-0.05, 0) is 42.0 Å². The summed E-state index contributed by atoms with van der Waals surface area (Å²) in [6.45, 7) is 0.374. The summed E-state index contributed by atoms with van der Waals surface area (Å²) in [6.07, 6.45) is 1.47. The highest BCUT2D eigenvalue weighted by Gasteiger charge is 2.12. The summed E-state index contributed by atoms with van der Waals surface area (Å²) in [7, 11) is 0. The highest BCUT2D eigenvalue weighted by atomic mass is 79.9. The zero-order valence-electron chi connectivity index (χ0n) is 16.5. The lowest BCUT2D eigenvalue weighted by Crippen LogP contribution is -2.18. The SMILES string of the molecule is O=C(N/N=C/c1ccc(-c2cccc(Br)c2)o1)c1ccccc1OCc1ccccc1. The fourth-order valence-corrected chi connectivity index (χ4v) is 3.35. The molecule has 31 heavy (non-hydrogen) atoms. The minimum atomic E-state index is -0.362. The van der Waals surface area contributed by atoms with Crippen molar-refractivity contribution >= 4 is 28.1 Å². The van der Waals surface area contributed by atoms with E-state index >= 15 is 0 Å². The molecule has 1 amide bonds. The Bertz CT molecular complexity index is 1200. The largest absolute Gasteiger partial charge is 0.488 e. The van der Waals surface area contributed by atoms with E-state index in [1.54, 1.807) is 24.3 Å². The maximum atomic E-state index is 12.6. The molecular weight excluding hydrogens is 456 g/mol. The molecule has 0 aliphatic heterocycles. The third-order valence-corrected chi connectivity index (χ3v) is 4.96. The lowest BCUT2D eigenvalue weighted by molar-refractivity contribution is 0.0950. The summed E-state index contributed by atoms with van der Waals surface area (Å²) < 4.78 is 12.6. The number of benzene rings is 3. The Morgan fingerprint density at radius 2 is 1.77 bits per heavy atom. The van der Waals surface area contributed by atoms with Crippen LogP contribution in [0.3, 0.4) is 0 Å². The van der Waals surface area contributed by atoms with Gasteiger partial charge in [-0.1, -0.05) is 70.5 Å². The Balaban J connectivity index is 1.39. The van der Waals surface area contributed by atoms with Gasteiger partial charge in [0.1, 0.15) is 23.9 Å². The van der Waals surface area contributed by atoms with Crippen LogP contribution in [0.15, 0.2) is 105 Å². The van der Waals surface area contributed by atoms with Crippen LogP contribution in [-0.2, 0) is 6.61 Å². The van der Waals surface area contributed by atoms with Gasteiger partial charge in [0.25, 0.3) is 5.91 Å². The zero-order valence-corrected chi connectivity index (χ0v) is 18.1. The molecule has 3 aromatic carbocycles. The second-order valence-electron chi connectivity index (χ2n) is 6.68. The monoisotopic (exact) mass is 474 g/mol. The number of rotatable bonds is 7. The molecule has 0 radical (unpaired) electrons. The van der Waals surface area contributed by atoms with Gasteiger partial charge in [0.05, 0.1) is 11.8 Å². The summed E-state index contributed by atoms with van der Waals surface area (Å²) >= 11 is 3.45. The third kappa shape index (κ3) is 5.49. The number of amides is 1. The highest BCUT2D eigenvalue weighted by Crippen LogP contribution is 2.24. The van der Waals surface area contributed by atoms with Crippen molar-refractivity contribution in [3.8, 4) is 17.1 Å². The Morgan fingerprint density at radius 1 is 0.968 bits per heavy atom. The van der Waals surface area contributed by atoms with E-state index < -0.39 is 0 Å². The van der Waals surface area contributed by atoms with Crippen LogP contribution in [0.4, 0.5) is 0 Å². The van der Waals surface area contributed by atoms with Gasteiger partial charge in [-0.15, -0.1) is 0 Å². The van der Waals surface area contributed by atoms with Crippen LogP contribution in [0.1, 0.15) is 21.7 Å². The number of hydrogen-bond acceptors (Lipinski definition) is 4. The van der Waals surface area contributed by atoms with Crippen LogP contribution in [0, 0.1) is 0 Å². The molecule has 5 nitrogen and oxygen atoms in total. The second-order valence-corrected chi connectivity index (χ2v) is 7.60. The molecular formula is C25H19BrN2O3. The van der Waals surface area contributed by atoms with Crippen LogP contribution >= 0.6 is 15.9 Å². The van der Waals surface area contributed by atoms with E-state index in [1.165, 1.54) is 6.21 Å². The average Bonchev–Trinajstić information content (AvgIpc) is 3.27. The number of furan rings is 1. The van der Waals surface area contributed by atoms with Gasteiger partial charge >= 0.3 is 0 Å². The number of carbonyl (C=O) groups excluding carboxylic acids is 1. The van der Waals surface area contributed by atoms with Gasteiger partial charge in [-0.25, -0.2) is 5.43 Å². The van der Waals surface area contributed by atoms with E-state index in [9.17, 15) is 4.79 Å². The maximum Gasteiger partial charge on any atom is 0.275 e. The van der Waals surface area contributed by atoms with E-state index in [0.29, 0.717) is 29.4 Å². The van der Waals surface area contributed by atoms with Gasteiger partial charge in [0, 0.05) is 10.0 Å². The second kappa shape index (κ2) is 9.91. The Kier molecular flexibility index (Phi) is 6.59. The lowest BCUT2D eigenvalue weighted by Gasteiger charge is -2.10. The molecule has 4 aromatic rings. The van der Waals surface area contributed by atoms with Crippen molar-refractivity contribution in [2.45, 2.75) is 6.61 Å². The molecule has 1 heterocycles. The number of para-hydroxylation sites is 1. The van der Waals surface area contributed by atoms with Crippen molar-refractivity contribution in [2.24, 2.45) is 5.10 Å². The van der Waals surface area contributed by atoms with Crippen molar-refractivity contribution in [3.05, 3.63) is 112 Å². The van der Waals surface area contributed by atoms with E-state index in [2.05, 4.69) is 26.5 Å². The van der Waals surface area contributed by atoms with Crippen molar-refractivity contribution in [1.82, 2.24) is 5.43 Å². The van der Waals surface area contributed by atoms with Gasteiger partial charge in [0.2, 0.25) is 0 Å². The molecule has 0 bridgehead atoms. The normalized spacial score (nSPS) is 10.9. The van der Waals surface area contributed by atoms with Crippen LogP contribution in [-0.4, -0.2) is 12.1 Å². The molecule has 4 rings (SSSR count). The smallest absolute Gasteiger partial charge is 0.275 e. The molecule has 0 saturated carbocycles. The van der Waals surface area contributed by atoms with Gasteiger partial charge in [-0.3, -0.25) is 4.79 Å². The van der Waals surface area contributed by atoms with Crippen LogP contribution in [0.25, 0.3) is 11.3 Å². The molecule has 0 aliphatic carbocycles. The molecule has 0 spiro atoms. The number of ether oxygens (including phenoxy) is 1. The molecule has 0 saturated heterocycles. The topological polar surface area (TPSA) is 63.8 Å². The lowest BCUT2D eigenvalue weighted by atomic mass is 10.2. The number of nitrogens with one attached hydrogen (secondary N) is 1. The average molecular weight is 475 g/mol. The van der Waals surface area contributed by atoms with Crippen LogP contribution < -0.4 is 10.2 Å². The Hall–Kier alpha value is -3.64. The summed E-state index contributed by atoms with van der Waals surface area (Å²) in [5.41, 5.74) is 4.90. The predicted octanol–water partition coefficient (Wildman–Crippen LogP) is 6.05. The van der Waals surface area contributed by atoms with E-state index in [0.717, 1.165) is 15.6 Å². The summed E-state index contributed by atoms with van der Waals surface area (Å²) in [4.78, 5) is 12.6. The van der Waals surface area contributed by atoms with Crippen molar-refractivity contribution in [3.63, 3.8) is 0 Å². The summed E-state index contributed by atoms with van der Waals surface area (Å²) in [5, 5.41) is 4.02. The summed E-state index contributed by atoms with van der Waals surface area (Å²) in [5.74, 6) is 1.38. The third-order valence-electron chi connectivity index (χ3n) is 4.46. The first kappa shape index (κ1) is 20.6. The summed E-state index contributed by atoms with van der Waals surface area (Å²) in [6, 6.07) is 28.3. The van der Waals surface area contributed by atoms with Gasteiger partial charge in [0.15, 0.2) is 0 Å². The zero-order chi connectivity index (χ0) is 21.5. The fourth-order valence-electron chi connectivity index (χ4n) is 2.95. The number of hydrazone groups is 1. The first-order valence-electron chi connectivity index (χ1n) is 9.64. The van der Waals surface area contributed by atoms with Gasteiger partial charge in [-0.2, -0.15) is 5.10 Å². The van der Waals surface area contributed by atoms with Crippen molar-refractivity contribution in [2.75, 3.05) is 0 Å². The highest BCUT2D eigenvalue weighted by molar-refractivity contribution is 9.10.